The Balaban J connectivity index is 1.96. The Hall–Kier alpha value is -2.10. The summed E-state index contributed by atoms with van der Waals surface area (Å²) < 4.78 is 0. The van der Waals surface area contributed by atoms with Gasteiger partial charge in [0.15, 0.2) is 5.78 Å². The van der Waals surface area contributed by atoms with Crippen molar-refractivity contribution in [1.29, 1.82) is 0 Å². The smallest absolute Gasteiger partial charge is 0.232 e. The van der Waals surface area contributed by atoms with E-state index in [1.807, 2.05) is 44.2 Å². The maximum atomic E-state index is 13.5. The molecule has 1 amide bonds. The van der Waals surface area contributed by atoms with Gasteiger partial charge >= 0.3 is 0 Å². The minimum Gasteiger partial charge on any atom is -0.294 e. The van der Waals surface area contributed by atoms with Crippen molar-refractivity contribution in [2.45, 2.75) is 52.9 Å². The molecule has 0 spiro atoms. The molecule has 0 radical (unpaired) electrons. The molecular formula is C25H25Cl2NO2. The normalized spacial score (nSPS) is 21.1. The largest absolute Gasteiger partial charge is 0.294 e. The fraction of sp³-hybridized carbons (Fsp3) is 0.360. The highest BCUT2D eigenvalue weighted by Crippen LogP contribution is 2.50. The molecule has 2 aromatic carbocycles. The molecule has 5 heteroatoms. The number of hydrogen-bond donors (Lipinski definition) is 0. The first kappa shape index (κ1) is 21.1. The number of anilines is 1. The number of carbonyl (C=O) groups is 2. The van der Waals surface area contributed by atoms with Crippen molar-refractivity contribution < 1.29 is 9.59 Å². The van der Waals surface area contributed by atoms with Crippen LogP contribution in [0.3, 0.4) is 0 Å². The molecule has 2 aliphatic rings. The number of amides is 1. The van der Waals surface area contributed by atoms with Gasteiger partial charge in [-0.15, -0.1) is 0 Å². The molecule has 0 saturated carbocycles. The number of aryl methyl sites for hydroxylation is 1. The Bertz CT molecular complexity index is 1100. The van der Waals surface area contributed by atoms with Gasteiger partial charge in [-0.1, -0.05) is 61.3 Å². The zero-order valence-electron chi connectivity index (χ0n) is 17.7. The molecule has 1 aliphatic heterocycles. The molecule has 0 N–H and O–H groups in total. The van der Waals surface area contributed by atoms with Crippen LogP contribution in [-0.4, -0.2) is 11.7 Å². The number of carbonyl (C=O) groups excluding carboxylic acids is 2. The van der Waals surface area contributed by atoms with Crippen LogP contribution in [-0.2, 0) is 9.59 Å². The lowest BCUT2D eigenvalue weighted by molar-refractivity contribution is -0.121. The third-order valence-corrected chi connectivity index (χ3v) is 7.15. The van der Waals surface area contributed by atoms with E-state index in [1.165, 1.54) is 0 Å². The highest BCUT2D eigenvalue weighted by molar-refractivity contribution is 6.42. The summed E-state index contributed by atoms with van der Waals surface area (Å²) >= 11 is 12.8. The van der Waals surface area contributed by atoms with Crippen LogP contribution < -0.4 is 4.90 Å². The number of halogens is 2. The lowest BCUT2D eigenvalue weighted by Crippen LogP contribution is -2.44. The summed E-state index contributed by atoms with van der Waals surface area (Å²) in [5.74, 6) is -0.303. The standard InChI is InChI=1S/C25H25Cl2NO2/c1-14-7-5-10-19(15(14)2)28-20-12-25(3,4)13-21(29)23(20)17(11-22(28)30)16-8-6-9-18(26)24(16)27/h5-10,17H,11-13H2,1-4H3. The van der Waals surface area contributed by atoms with E-state index in [-0.39, 0.29) is 29.4 Å². The molecule has 2 aromatic rings. The van der Waals surface area contributed by atoms with Crippen LogP contribution in [0.2, 0.25) is 10.0 Å². The highest BCUT2D eigenvalue weighted by atomic mass is 35.5. The van der Waals surface area contributed by atoms with Gasteiger partial charge in [-0.25, -0.2) is 0 Å². The van der Waals surface area contributed by atoms with Crippen LogP contribution in [0.4, 0.5) is 5.69 Å². The van der Waals surface area contributed by atoms with Gasteiger partial charge in [-0.05, 0) is 54.5 Å². The number of hydrogen-bond acceptors (Lipinski definition) is 2. The zero-order valence-corrected chi connectivity index (χ0v) is 19.2. The van der Waals surface area contributed by atoms with Crippen molar-refractivity contribution in [3.8, 4) is 0 Å². The Morgan fingerprint density at radius 3 is 2.43 bits per heavy atom. The molecule has 156 valence electrons. The monoisotopic (exact) mass is 441 g/mol. The van der Waals surface area contributed by atoms with Crippen molar-refractivity contribution in [3.63, 3.8) is 0 Å². The fourth-order valence-electron chi connectivity index (χ4n) is 4.73. The number of rotatable bonds is 2. The van der Waals surface area contributed by atoms with E-state index in [9.17, 15) is 9.59 Å². The van der Waals surface area contributed by atoms with Crippen LogP contribution in [0.25, 0.3) is 0 Å². The van der Waals surface area contributed by atoms with Crippen molar-refractivity contribution >= 4 is 40.6 Å². The molecular weight excluding hydrogens is 417 g/mol. The van der Waals surface area contributed by atoms with Crippen LogP contribution in [0.15, 0.2) is 47.7 Å². The van der Waals surface area contributed by atoms with E-state index in [4.69, 9.17) is 23.2 Å². The average molecular weight is 442 g/mol. The van der Waals surface area contributed by atoms with Crippen LogP contribution in [0, 0.1) is 19.3 Å². The third-order valence-electron chi connectivity index (χ3n) is 6.32. The number of nitrogens with zero attached hydrogens (tertiary/aromatic N) is 1. The van der Waals surface area contributed by atoms with E-state index in [1.54, 1.807) is 11.0 Å². The van der Waals surface area contributed by atoms with Gasteiger partial charge in [0.2, 0.25) is 5.91 Å². The summed E-state index contributed by atoms with van der Waals surface area (Å²) in [5.41, 5.74) is 5.07. The average Bonchev–Trinajstić information content (AvgIpc) is 2.65. The van der Waals surface area contributed by atoms with Crippen LogP contribution >= 0.6 is 23.2 Å². The lowest BCUT2D eigenvalue weighted by Gasteiger charge is -2.43. The van der Waals surface area contributed by atoms with Crippen LogP contribution in [0.5, 0.6) is 0 Å². The molecule has 0 bridgehead atoms. The van der Waals surface area contributed by atoms with Crippen LogP contribution in [0.1, 0.15) is 55.7 Å². The van der Waals surface area contributed by atoms with E-state index >= 15 is 0 Å². The summed E-state index contributed by atoms with van der Waals surface area (Å²) in [5, 5.41) is 0.853. The molecule has 1 aliphatic carbocycles. The maximum Gasteiger partial charge on any atom is 0.232 e. The van der Waals surface area contributed by atoms with Crippen molar-refractivity contribution in [2.24, 2.45) is 5.41 Å². The molecule has 30 heavy (non-hydrogen) atoms. The second-order valence-corrected chi connectivity index (χ2v) is 9.93. The molecule has 0 fully saturated rings. The Labute approximate surface area is 187 Å². The Kier molecular flexibility index (Phi) is 5.32. The van der Waals surface area contributed by atoms with E-state index in [0.717, 1.165) is 28.1 Å². The van der Waals surface area contributed by atoms with E-state index < -0.39 is 0 Å². The number of Topliss-reactive ketones (excluding diaryl/α,β-unsaturated/α-hetero) is 1. The maximum absolute atomic E-state index is 13.5. The SMILES string of the molecule is Cc1cccc(N2C(=O)CC(c3cccc(Cl)c3Cl)C3=C2CC(C)(C)CC3=O)c1C. The first-order valence-electron chi connectivity index (χ1n) is 10.2. The second-order valence-electron chi connectivity index (χ2n) is 9.15. The first-order valence-corrected chi connectivity index (χ1v) is 11.0. The Morgan fingerprint density at radius 1 is 1.00 bits per heavy atom. The molecule has 4 rings (SSSR count). The summed E-state index contributed by atoms with van der Waals surface area (Å²) in [4.78, 5) is 28.7. The number of ketones is 1. The van der Waals surface area contributed by atoms with Crippen molar-refractivity contribution in [2.75, 3.05) is 4.90 Å². The number of allylic oxidation sites excluding steroid dienone is 2. The minimum absolute atomic E-state index is 0.0195. The fourth-order valence-corrected chi connectivity index (χ4v) is 5.17. The second kappa shape index (κ2) is 7.55. The molecule has 1 unspecified atom stereocenters. The predicted molar refractivity (Wildman–Crippen MR) is 122 cm³/mol. The van der Waals surface area contributed by atoms with Gasteiger partial charge in [0, 0.05) is 30.0 Å². The topological polar surface area (TPSA) is 37.4 Å². The predicted octanol–water partition coefficient (Wildman–Crippen LogP) is 6.77. The molecule has 0 saturated heterocycles. The summed E-state index contributed by atoms with van der Waals surface area (Å²) in [6, 6.07) is 11.4. The molecule has 1 heterocycles. The summed E-state index contributed by atoms with van der Waals surface area (Å²) in [6.07, 6.45) is 1.30. The third kappa shape index (κ3) is 3.48. The van der Waals surface area contributed by atoms with E-state index in [0.29, 0.717) is 28.5 Å². The van der Waals surface area contributed by atoms with Gasteiger partial charge in [-0.2, -0.15) is 0 Å². The molecule has 0 aromatic heterocycles. The van der Waals surface area contributed by atoms with Gasteiger partial charge in [-0.3, -0.25) is 14.5 Å². The van der Waals surface area contributed by atoms with E-state index in [2.05, 4.69) is 13.8 Å². The highest BCUT2D eigenvalue weighted by Gasteiger charge is 2.45. The van der Waals surface area contributed by atoms with Gasteiger partial charge < -0.3 is 0 Å². The lowest BCUT2D eigenvalue weighted by atomic mass is 9.69. The van der Waals surface area contributed by atoms with Gasteiger partial charge in [0.25, 0.3) is 0 Å². The van der Waals surface area contributed by atoms with Gasteiger partial charge in [0.1, 0.15) is 0 Å². The summed E-state index contributed by atoms with van der Waals surface area (Å²) in [7, 11) is 0. The molecule has 1 atom stereocenters. The summed E-state index contributed by atoms with van der Waals surface area (Å²) in [6.45, 7) is 8.22. The number of benzene rings is 2. The van der Waals surface area contributed by atoms with Crippen molar-refractivity contribution in [1.82, 2.24) is 0 Å². The molecule has 3 nitrogen and oxygen atoms in total. The minimum atomic E-state index is -0.372. The Morgan fingerprint density at radius 2 is 1.70 bits per heavy atom. The zero-order chi connectivity index (χ0) is 21.8. The quantitative estimate of drug-likeness (QED) is 0.515. The van der Waals surface area contributed by atoms with Gasteiger partial charge in [0.05, 0.1) is 15.7 Å². The first-order chi connectivity index (χ1) is 14.1. The van der Waals surface area contributed by atoms with Crippen molar-refractivity contribution in [3.05, 3.63) is 74.4 Å².